The second-order valence-electron chi connectivity index (χ2n) is 7.95. The highest BCUT2D eigenvalue weighted by Crippen LogP contribution is 2.26. The van der Waals surface area contributed by atoms with Crippen molar-refractivity contribution < 1.29 is 22.4 Å². The number of aryl methyl sites for hydroxylation is 1. The van der Waals surface area contributed by atoms with Gasteiger partial charge in [0.1, 0.15) is 5.82 Å². The lowest BCUT2D eigenvalue weighted by Gasteiger charge is -2.21. The zero-order valence-electron chi connectivity index (χ0n) is 17.5. The van der Waals surface area contributed by atoms with E-state index in [-0.39, 0.29) is 40.3 Å². The van der Waals surface area contributed by atoms with Crippen LogP contribution in [0.15, 0.2) is 47.4 Å². The fourth-order valence-corrected chi connectivity index (χ4v) is 4.85. The van der Waals surface area contributed by atoms with Crippen molar-refractivity contribution in [2.75, 3.05) is 16.4 Å². The van der Waals surface area contributed by atoms with Crippen LogP contribution in [0.1, 0.15) is 44.1 Å². The second-order valence-corrected chi connectivity index (χ2v) is 10.1. The Morgan fingerprint density at radius 3 is 2.35 bits per heavy atom. The standard InChI is InChI=1S/C23H27FN2O4S/c1-16-7-10-19(11-8-16)31(29,30)14-13-22(27)25-18-9-12-20(24)21(15-18)26-23(28)17-5-3-2-4-6-17/h7-12,15,17H,2-6,13-14H2,1H3,(H,25,27)(H,26,28). The highest BCUT2D eigenvalue weighted by atomic mass is 32.2. The van der Waals surface area contributed by atoms with Crippen molar-refractivity contribution in [3.8, 4) is 0 Å². The van der Waals surface area contributed by atoms with E-state index >= 15 is 0 Å². The number of rotatable bonds is 7. The van der Waals surface area contributed by atoms with Crippen LogP contribution in [0.5, 0.6) is 0 Å². The van der Waals surface area contributed by atoms with Gasteiger partial charge in [-0.3, -0.25) is 9.59 Å². The molecule has 166 valence electrons. The Labute approximate surface area is 182 Å². The molecular weight excluding hydrogens is 419 g/mol. The number of hydrogen-bond donors (Lipinski definition) is 2. The number of hydrogen-bond acceptors (Lipinski definition) is 4. The van der Waals surface area contributed by atoms with E-state index in [1.165, 1.54) is 24.3 Å². The molecule has 1 saturated carbocycles. The largest absolute Gasteiger partial charge is 0.326 e. The van der Waals surface area contributed by atoms with Crippen molar-refractivity contribution in [2.24, 2.45) is 5.92 Å². The summed E-state index contributed by atoms with van der Waals surface area (Å²) in [6.45, 7) is 1.86. The molecule has 8 heteroatoms. The van der Waals surface area contributed by atoms with Crippen LogP contribution in [0.3, 0.4) is 0 Å². The molecular formula is C23H27FN2O4S. The Kier molecular flexibility index (Phi) is 7.43. The summed E-state index contributed by atoms with van der Waals surface area (Å²) in [5.74, 6) is -1.78. The topological polar surface area (TPSA) is 92.3 Å². The minimum Gasteiger partial charge on any atom is -0.326 e. The van der Waals surface area contributed by atoms with Gasteiger partial charge in [-0.2, -0.15) is 0 Å². The molecule has 0 saturated heterocycles. The Hall–Kier alpha value is -2.74. The number of sulfone groups is 1. The Bertz CT molecular complexity index is 1050. The van der Waals surface area contributed by atoms with Gasteiger partial charge in [0.2, 0.25) is 11.8 Å². The van der Waals surface area contributed by atoms with E-state index in [0.29, 0.717) is 0 Å². The fraction of sp³-hybridized carbons (Fsp3) is 0.391. The first-order valence-corrected chi connectivity index (χ1v) is 12.1. The van der Waals surface area contributed by atoms with Crippen LogP contribution in [-0.4, -0.2) is 26.0 Å². The maximum Gasteiger partial charge on any atom is 0.227 e. The first kappa shape index (κ1) is 22.9. The lowest BCUT2D eigenvalue weighted by Crippen LogP contribution is -2.25. The molecule has 31 heavy (non-hydrogen) atoms. The third kappa shape index (κ3) is 6.37. The summed E-state index contributed by atoms with van der Waals surface area (Å²) in [6.07, 6.45) is 4.43. The Morgan fingerprint density at radius 1 is 1.00 bits per heavy atom. The summed E-state index contributed by atoms with van der Waals surface area (Å²) < 4.78 is 38.9. The van der Waals surface area contributed by atoms with Crippen molar-refractivity contribution >= 4 is 33.0 Å². The summed E-state index contributed by atoms with van der Waals surface area (Å²) in [4.78, 5) is 24.8. The maximum atomic E-state index is 14.1. The molecule has 2 aromatic rings. The van der Waals surface area contributed by atoms with E-state index in [1.807, 2.05) is 6.92 Å². The van der Waals surface area contributed by atoms with Crippen molar-refractivity contribution in [2.45, 2.75) is 50.3 Å². The minimum atomic E-state index is -3.59. The molecule has 1 fully saturated rings. The number of nitrogens with one attached hydrogen (secondary N) is 2. The molecule has 2 amide bonds. The summed E-state index contributed by atoms with van der Waals surface area (Å²) in [5, 5.41) is 5.19. The van der Waals surface area contributed by atoms with Crippen molar-refractivity contribution in [3.05, 3.63) is 53.8 Å². The third-order valence-electron chi connectivity index (χ3n) is 5.46. The molecule has 3 rings (SSSR count). The van der Waals surface area contributed by atoms with Gasteiger partial charge in [-0.05, 0) is 50.1 Å². The Balaban J connectivity index is 1.59. The predicted octanol–water partition coefficient (Wildman–Crippen LogP) is 4.46. The molecule has 0 unspecified atom stereocenters. The number of carbonyl (C=O) groups excluding carboxylic acids is 2. The molecule has 1 aliphatic rings. The monoisotopic (exact) mass is 446 g/mol. The number of halogens is 1. The van der Waals surface area contributed by atoms with Crippen LogP contribution in [0.25, 0.3) is 0 Å². The molecule has 1 aliphatic carbocycles. The lowest BCUT2D eigenvalue weighted by molar-refractivity contribution is -0.120. The summed E-state index contributed by atoms with van der Waals surface area (Å²) in [6, 6.07) is 10.3. The van der Waals surface area contributed by atoms with Gasteiger partial charge in [-0.1, -0.05) is 37.0 Å². The molecule has 0 aromatic heterocycles. The van der Waals surface area contributed by atoms with Crippen LogP contribution < -0.4 is 10.6 Å². The lowest BCUT2D eigenvalue weighted by atomic mass is 9.88. The summed E-state index contributed by atoms with van der Waals surface area (Å²) in [5.41, 5.74) is 1.23. The van der Waals surface area contributed by atoms with Crippen LogP contribution in [0, 0.1) is 18.7 Å². The molecule has 6 nitrogen and oxygen atoms in total. The first-order chi connectivity index (χ1) is 14.7. The number of benzene rings is 2. The van der Waals surface area contributed by atoms with Gasteiger partial charge < -0.3 is 10.6 Å². The van der Waals surface area contributed by atoms with Crippen LogP contribution in [-0.2, 0) is 19.4 Å². The molecule has 0 bridgehead atoms. The molecule has 0 spiro atoms. The van der Waals surface area contributed by atoms with Gasteiger partial charge in [-0.25, -0.2) is 12.8 Å². The van der Waals surface area contributed by atoms with Crippen LogP contribution in [0.4, 0.5) is 15.8 Å². The fourth-order valence-electron chi connectivity index (χ4n) is 3.61. The van der Waals surface area contributed by atoms with E-state index in [1.54, 1.807) is 12.1 Å². The van der Waals surface area contributed by atoms with Gasteiger partial charge in [-0.15, -0.1) is 0 Å². The molecule has 2 N–H and O–H groups in total. The highest BCUT2D eigenvalue weighted by molar-refractivity contribution is 7.91. The van der Waals surface area contributed by atoms with Crippen molar-refractivity contribution in [1.29, 1.82) is 0 Å². The van der Waals surface area contributed by atoms with E-state index in [2.05, 4.69) is 10.6 Å². The van der Waals surface area contributed by atoms with Gasteiger partial charge in [0.15, 0.2) is 9.84 Å². The smallest absolute Gasteiger partial charge is 0.227 e. The zero-order chi connectivity index (χ0) is 22.4. The highest BCUT2D eigenvalue weighted by Gasteiger charge is 2.22. The molecule has 0 radical (unpaired) electrons. The van der Waals surface area contributed by atoms with Gasteiger partial charge in [0.05, 0.1) is 16.3 Å². The second kappa shape index (κ2) is 10.0. The number of amides is 2. The van der Waals surface area contributed by atoms with E-state index < -0.39 is 21.6 Å². The van der Waals surface area contributed by atoms with Gasteiger partial charge in [0.25, 0.3) is 0 Å². The Morgan fingerprint density at radius 2 is 1.68 bits per heavy atom. The van der Waals surface area contributed by atoms with Crippen molar-refractivity contribution in [3.63, 3.8) is 0 Å². The van der Waals surface area contributed by atoms with Gasteiger partial charge in [0, 0.05) is 18.0 Å². The number of anilines is 2. The van der Waals surface area contributed by atoms with Crippen LogP contribution in [0.2, 0.25) is 0 Å². The zero-order valence-corrected chi connectivity index (χ0v) is 18.3. The molecule has 0 aliphatic heterocycles. The first-order valence-electron chi connectivity index (χ1n) is 10.4. The quantitative estimate of drug-likeness (QED) is 0.657. The maximum absolute atomic E-state index is 14.1. The minimum absolute atomic E-state index is 0.000602. The average molecular weight is 447 g/mol. The third-order valence-corrected chi connectivity index (χ3v) is 7.19. The normalized spacial score (nSPS) is 14.8. The SMILES string of the molecule is Cc1ccc(S(=O)(=O)CCC(=O)Nc2ccc(F)c(NC(=O)C3CCCCC3)c2)cc1. The van der Waals surface area contributed by atoms with E-state index in [4.69, 9.17) is 0 Å². The van der Waals surface area contributed by atoms with E-state index in [0.717, 1.165) is 43.7 Å². The average Bonchev–Trinajstić information content (AvgIpc) is 2.75. The van der Waals surface area contributed by atoms with E-state index in [9.17, 15) is 22.4 Å². The summed E-state index contributed by atoms with van der Waals surface area (Å²) in [7, 11) is -3.59. The van der Waals surface area contributed by atoms with Crippen molar-refractivity contribution in [1.82, 2.24) is 0 Å². The predicted molar refractivity (Wildman–Crippen MR) is 118 cm³/mol. The molecule has 0 atom stereocenters. The molecule has 0 heterocycles. The molecule has 2 aromatic carbocycles. The number of carbonyl (C=O) groups is 2. The van der Waals surface area contributed by atoms with Crippen LogP contribution >= 0.6 is 0 Å². The van der Waals surface area contributed by atoms with Gasteiger partial charge >= 0.3 is 0 Å². The summed E-state index contributed by atoms with van der Waals surface area (Å²) >= 11 is 0.